The van der Waals surface area contributed by atoms with Crippen molar-refractivity contribution < 1.29 is 13.5 Å². The van der Waals surface area contributed by atoms with E-state index in [4.69, 9.17) is 0 Å². The highest BCUT2D eigenvalue weighted by Crippen LogP contribution is 2.43. The molecule has 0 aliphatic carbocycles. The Hall–Kier alpha value is -1.35. The van der Waals surface area contributed by atoms with Crippen LogP contribution in [0.1, 0.15) is 50.7 Å². The van der Waals surface area contributed by atoms with Crippen molar-refractivity contribution in [3.63, 3.8) is 0 Å². The van der Waals surface area contributed by atoms with Gasteiger partial charge in [0.15, 0.2) is 0 Å². The van der Waals surface area contributed by atoms with Gasteiger partial charge in [-0.05, 0) is 51.3 Å². The van der Waals surface area contributed by atoms with E-state index in [-0.39, 0.29) is 12.1 Å². The summed E-state index contributed by atoms with van der Waals surface area (Å²) in [7, 11) is -3.28. The third-order valence-corrected chi connectivity index (χ3v) is 7.42. The summed E-state index contributed by atoms with van der Waals surface area (Å²) in [5, 5.41) is 10.5. The maximum absolute atomic E-state index is 12.6. The van der Waals surface area contributed by atoms with Crippen molar-refractivity contribution in [3.05, 3.63) is 35.4 Å². The van der Waals surface area contributed by atoms with E-state index in [9.17, 15) is 13.5 Å². The Labute approximate surface area is 144 Å². The van der Waals surface area contributed by atoms with E-state index in [1.807, 2.05) is 31.2 Å². The predicted molar refractivity (Wildman–Crippen MR) is 94.9 cm³/mol. The summed E-state index contributed by atoms with van der Waals surface area (Å²) in [5.41, 5.74) is 0.915. The molecule has 1 aromatic rings. The summed E-state index contributed by atoms with van der Waals surface area (Å²) in [5.74, 6) is 6.10. The molecule has 0 spiro atoms. The van der Waals surface area contributed by atoms with Crippen LogP contribution in [0.2, 0.25) is 0 Å². The van der Waals surface area contributed by atoms with E-state index in [1.165, 1.54) is 0 Å². The second-order valence-corrected chi connectivity index (χ2v) is 9.76. The van der Waals surface area contributed by atoms with Gasteiger partial charge in [0.05, 0.1) is 5.25 Å². The van der Waals surface area contributed by atoms with Crippen LogP contribution < -0.4 is 0 Å². The number of fused-ring (bicyclic) bond motifs is 2. The zero-order valence-electron chi connectivity index (χ0n) is 14.5. The molecular formula is C19H25NO3S. The Morgan fingerprint density at radius 3 is 2.42 bits per heavy atom. The molecule has 24 heavy (non-hydrogen) atoms. The highest BCUT2D eigenvalue weighted by atomic mass is 32.2. The molecule has 2 atom stereocenters. The topological polar surface area (TPSA) is 57.6 Å². The molecule has 2 heterocycles. The number of sulfonamides is 1. The van der Waals surface area contributed by atoms with Crippen LogP contribution in [0, 0.1) is 18.8 Å². The highest BCUT2D eigenvalue weighted by Gasteiger charge is 2.51. The Morgan fingerprint density at radius 1 is 1.25 bits per heavy atom. The summed E-state index contributed by atoms with van der Waals surface area (Å²) in [6.07, 6.45) is 2.42. The van der Waals surface area contributed by atoms with Crippen molar-refractivity contribution in [3.8, 4) is 11.8 Å². The van der Waals surface area contributed by atoms with Gasteiger partial charge < -0.3 is 5.11 Å². The van der Waals surface area contributed by atoms with E-state index >= 15 is 0 Å². The quantitative estimate of drug-likeness (QED) is 0.836. The average molecular weight is 347 g/mol. The summed E-state index contributed by atoms with van der Waals surface area (Å²) in [6.45, 7) is 5.44. The van der Waals surface area contributed by atoms with Crippen LogP contribution in [0.3, 0.4) is 0 Å². The third kappa shape index (κ3) is 3.23. The molecule has 2 unspecified atom stereocenters. The lowest BCUT2D eigenvalue weighted by atomic mass is 9.88. The van der Waals surface area contributed by atoms with Crippen molar-refractivity contribution in [1.29, 1.82) is 0 Å². The molecule has 130 valence electrons. The van der Waals surface area contributed by atoms with Crippen LogP contribution in [-0.4, -0.2) is 40.8 Å². The first-order valence-electron chi connectivity index (χ1n) is 8.56. The summed E-state index contributed by atoms with van der Waals surface area (Å²) in [4.78, 5) is 0. The van der Waals surface area contributed by atoms with Gasteiger partial charge in [0, 0.05) is 30.5 Å². The van der Waals surface area contributed by atoms with Gasteiger partial charge in [-0.3, -0.25) is 0 Å². The van der Waals surface area contributed by atoms with Crippen molar-refractivity contribution in [1.82, 2.24) is 4.31 Å². The minimum atomic E-state index is -3.28. The van der Waals surface area contributed by atoms with Crippen molar-refractivity contribution in [2.45, 2.75) is 69.4 Å². The van der Waals surface area contributed by atoms with Crippen LogP contribution in [-0.2, 0) is 10.0 Å². The van der Waals surface area contributed by atoms with E-state index < -0.39 is 20.9 Å². The highest BCUT2D eigenvalue weighted by molar-refractivity contribution is 7.89. The first kappa shape index (κ1) is 17.5. The number of hydrogen-bond donors (Lipinski definition) is 1. The van der Waals surface area contributed by atoms with E-state index in [1.54, 1.807) is 18.2 Å². The van der Waals surface area contributed by atoms with Gasteiger partial charge in [0.2, 0.25) is 10.0 Å². The first-order chi connectivity index (χ1) is 11.2. The van der Waals surface area contributed by atoms with Crippen LogP contribution in [0.15, 0.2) is 24.3 Å². The third-order valence-electron chi connectivity index (χ3n) is 5.05. The standard InChI is InChI=1S/C19H25NO3S/c1-14(2)24(22,23)20-17-7-8-18(20)13-19(21,12-17)10-9-16-6-4-5-15(3)11-16/h4-6,11,14,17-18,21H,7-8,12-13H2,1-3H3. The summed E-state index contributed by atoms with van der Waals surface area (Å²) >= 11 is 0. The first-order valence-corrected chi connectivity index (χ1v) is 10.1. The fraction of sp³-hybridized carbons (Fsp3) is 0.579. The monoisotopic (exact) mass is 347 g/mol. The number of piperidine rings is 1. The molecule has 2 bridgehead atoms. The zero-order valence-corrected chi connectivity index (χ0v) is 15.3. The Morgan fingerprint density at radius 2 is 1.88 bits per heavy atom. The van der Waals surface area contributed by atoms with Gasteiger partial charge in [-0.2, -0.15) is 4.31 Å². The van der Waals surface area contributed by atoms with Crippen LogP contribution in [0.5, 0.6) is 0 Å². The van der Waals surface area contributed by atoms with Gasteiger partial charge in [-0.25, -0.2) is 8.42 Å². The lowest BCUT2D eigenvalue weighted by Crippen LogP contribution is -2.54. The molecule has 2 aliphatic heterocycles. The fourth-order valence-electron chi connectivity index (χ4n) is 3.86. The Bertz CT molecular complexity index is 774. The lowest BCUT2D eigenvalue weighted by Gasteiger charge is -2.41. The van der Waals surface area contributed by atoms with E-state index in [0.717, 1.165) is 24.0 Å². The zero-order chi connectivity index (χ0) is 17.5. The second-order valence-electron chi connectivity index (χ2n) is 7.37. The van der Waals surface area contributed by atoms with Crippen molar-refractivity contribution in [2.75, 3.05) is 0 Å². The molecule has 3 rings (SSSR count). The van der Waals surface area contributed by atoms with Crippen LogP contribution >= 0.6 is 0 Å². The van der Waals surface area contributed by atoms with Crippen molar-refractivity contribution in [2.24, 2.45) is 0 Å². The number of benzene rings is 1. The fourth-order valence-corrected chi connectivity index (χ4v) is 5.53. The van der Waals surface area contributed by atoms with Gasteiger partial charge in [-0.15, -0.1) is 0 Å². The van der Waals surface area contributed by atoms with E-state index in [0.29, 0.717) is 12.8 Å². The number of hydrogen-bond acceptors (Lipinski definition) is 3. The molecule has 0 aromatic heterocycles. The van der Waals surface area contributed by atoms with E-state index in [2.05, 4.69) is 11.8 Å². The molecule has 5 heteroatoms. The lowest BCUT2D eigenvalue weighted by molar-refractivity contribution is 0.0194. The van der Waals surface area contributed by atoms with Gasteiger partial charge >= 0.3 is 0 Å². The number of nitrogens with zero attached hydrogens (tertiary/aromatic N) is 1. The molecule has 0 radical (unpaired) electrons. The molecular weight excluding hydrogens is 322 g/mol. The van der Waals surface area contributed by atoms with Gasteiger partial charge in [0.1, 0.15) is 5.60 Å². The number of aryl methyl sites for hydroxylation is 1. The minimum Gasteiger partial charge on any atom is -0.377 e. The molecule has 2 fully saturated rings. The minimum absolute atomic E-state index is 0.132. The molecule has 4 nitrogen and oxygen atoms in total. The molecule has 1 N–H and O–H groups in total. The summed E-state index contributed by atoms with van der Waals surface area (Å²) in [6, 6.07) is 7.61. The Balaban J connectivity index is 1.83. The maximum Gasteiger partial charge on any atom is 0.216 e. The maximum atomic E-state index is 12.6. The number of aliphatic hydroxyl groups is 1. The molecule has 0 amide bonds. The number of rotatable bonds is 2. The van der Waals surface area contributed by atoms with Crippen LogP contribution in [0.4, 0.5) is 0 Å². The average Bonchev–Trinajstić information content (AvgIpc) is 2.79. The smallest absolute Gasteiger partial charge is 0.216 e. The summed E-state index contributed by atoms with van der Waals surface area (Å²) < 4.78 is 26.8. The Kier molecular flexibility index (Phi) is 4.50. The largest absolute Gasteiger partial charge is 0.377 e. The second kappa shape index (κ2) is 6.18. The predicted octanol–water partition coefficient (Wildman–Crippen LogP) is 2.44. The SMILES string of the molecule is Cc1cccc(C#CC2(O)CC3CCC(C2)N3S(=O)(=O)C(C)C)c1. The molecule has 2 aliphatic rings. The molecule has 2 saturated heterocycles. The normalized spacial score (nSPS) is 30.2. The molecule has 0 saturated carbocycles. The van der Waals surface area contributed by atoms with Crippen molar-refractivity contribution >= 4 is 10.0 Å². The van der Waals surface area contributed by atoms with Gasteiger partial charge in [-0.1, -0.05) is 24.0 Å². The van der Waals surface area contributed by atoms with Crippen LogP contribution in [0.25, 0.3) is 0 Å². The molecule has 1 aromatic carbocycles. The van der Waals surface area contributed by atoms with Gasteiger partial charge in [0.25, 0.3) is 0 Å².